The van der Waals surface area contributed by atoms with E-state index in [1.165, 1.54) is 32.7 Å². The van der Waals surface area contributed by atoms with Crippen LogP contribution in [0.3, 0.4) is 0 Å². The van der Waals surface area contributed by atoms with Gasteiger partial charge in [0.15, 0.2) is 5.58 Å². The minimum absolute atomic E-state index is 0.735. The highest BCUT2D eigenvalue weighted by atomic mass is 16.3. The number of furan rings is 1. The Kier molecular flexibility index (Phi) is 6.46. The summed E-state index contributed by atoms with van der Waals surface area (Å²) in [7, 11) is 0. The van der Waals surface area contributed by atoms with Crippen LogP contribution in [-0.4, -0.2) is 9.97 Å². The van der Waals surface area contributed by atoms with Crippen molar-refractivity contribution in [3.05, 3.63) is 176 Å². The number of anilines is 3. The Balaban J connectivity index is 1.08. The molecule has 0 aliphatic carbocycles. The maximum absolute atomic E-state index is 6.42. The minimum Gasteiger partial charge on any atom is -0.454 e. The molecule has 50 heavy (non-hydrogen) atoms. The van der Waals surface area contributed by atoms with Crippen LogP contribution in [0.25, 0.3) is 76.8 Å². The number of rotatable bonds is 5. The van der Waals surface area contributed by atoms with Crippen LogP contribution in [-0.2, 0) is 0 Å². The van der Waals surface area contributed by atoms with E-state index in [0.717, 1.165) is 61.2 Å². The lowest BCUT2D eigenvalue weighted by atomic mass is 10.00. The van der Waals surface area contributed by atoms with Crippen molar-refractivity contribution in [2.75, 3.05) is 4.90 Å². The molecule has 0 spiro atoms. The van der Waals surface area contributed by atoms with E-state index in [9.17, 15) is 0 Å². The third-order valence-electron chi connectivity index (χ3n) is 9.69. The summed E-state index contributed by atoms with van der Waals surface area (Å²) >= 11 is 0. The molecule has 3 heterocycles. The van der Waals surface area contributed by atoms with Gasteiger partial charge < -0.3 is 9.32 Å². The van der Waals surface area contributed by atoms with Crippen molar-refractivity contribution in [1.29, 1.82) is 0 Å². The van der Waals surface area contributed by atoms with Crippen molar-refractivity contribution in [1.82, 2.24) is 9.97 Å². The number of nitrogens with zero attached hydrogens (tertiary/aromatic N) is 3. The van der Waals surface area contributed by atoms with E-state index in [0.29, 0.717) is 0 Å². The SMILES string of the molecule is c1ccc2cc(-c3ccc(N(c4ccc(-c5ccc6ccccc6c5)cc4)c4cnc5c(c4)oc4cc6ncccc6cc45)cc3)ccc2c1. The quantitative estimate of drug-likeness (QED) is 0.188. The van der Waals surface area contributed by atoms with Crippen molar-refractivity contribution in [2.45, 2.75) is 0 Å². The summed E-state index contributed by atoms with van der Waals surface area (Å²) in [4.78, 5) is 11.7. The highest BCUT2D eigenvalue weighted by Gasteiger charge is 2.17. The first kappa shape index (κ1) is 28.3. The van der Waals surface area contributed by atoms with Gasteiger partial charge in [-0.15, -0.1) is 0 Å². The van der Waals surface area contributed by atoms with E-state index in [4.69, 9.17) is 9.40 Å². The maximum atomic E-state index is 6.42. The minimum atomic E-state index is 0.735. The molecule has 0 aliphatic rings. The third-order valence-corrected chi connectivity index (χ3v) is 9.69. The summed E-state index contributed by atoms with van der Waals surface area (Å²) in [6.45, 7) is 0. The van der Waals surface area contributed by atoms with Crippen LogP contribution in [0.1, 0.15) is 0 Å². The summed E-state index contributed by atoms with van der Waals surface area (Å²) in [5, 5.41) is 6.99. The van der Waals surface area contributed by atoms with E-state index in [2.05, 4.69) is 162 Å². The molecular formula is C46H29N3O. The van der Waals surface area contributed by atoms with Crippen molar-refractivity contribution >= 4 is 71.6 Å². The summed E-state index contributed by atoms with van der Waals surface area (Å²) in [6, 6.07) is 58.0. The van der Waals surface area contributed by atoms with E-state index >= 15 is 0 Å². The van der Waals surface area contributed by atoms with Crippen LogP contribution >= 0.6 is 0 Å². The van der Waals surface area contributed by atoms with Gasteiger partial charge in [-0.25, -0.2) is 4.98 Å². The molecular weight excluding hydrogens is 611 g/mol. The first-order chi connectivity index (χ1) is 24.7. The molecule has 0 N–H and O–H groups in total. The van der Waals surface area contributed by atoms with Gasteiger partial charge in [-0.3, -0.25) is 4.98 Å². The van der Waals surface area contributed by atoms with Gasteiger partial charge in [0.2, 0.25) is 0 Å². The molecule has 0 saturated heterocycles. The van der Waals surface area contributed by atoms with Gasteiger partial charge in [0.1, 0.15) is 11.1 Å². The summed E-state index contributed by atoms with van der Waals surface area (Å²) < 4.78 is 6.42. The third kappa shape index (κ3) is 4.85. The molecule has 0 saturated carbocycles. The van der Waals surface area contributed by atoms with Gasteiger partial charge in [-0.2, -0.15) is 0 Å². The Morgan fingerprint density at radius 2 is 0.960 bits per heavy atom. The largest absolute Gasteiger partial charge is 0.454 e. The van der Waals surface area contributed by atoms with Crippen LogP contribution in [0.2, 0.25) is 0 Å². The number of hydrogen-bond donors (Lipinski definition) is 0. The van der Waals surface area contributed by atoms with Gasteiger partial charge in [0.05, 0.1) is 17.4 Å². The van der Waals surface area contributed by atoms with Crippen LogP contribution in [0, 0.1) is 0 Å². The monoisotopic (exact) mass is 639 g/mol. The van der Waals surface area contributed by atoms with Crippen molar-refractivity contribution in [3.8, 4) is 22.3 Å². The Morgan fingerprint density at radius 3 is 1.58 bits per heavy atom. The van der Waals surface area contributed by atoms with Gasteiger partial charge >= 0.3 is 0 Å². The number of benzene rings is 7. The van der Waals surface area contributed by atoms with E-state index in [-0.39, 0.29) is 0 Å². The fourth-order valence-corrected chi connectivity index (χ4v) is 7.12. The average molecular weight is 640 g/mol. The second-order valence-corrected chi connectivity index (χ2v) is 12.7. The van der Waals surface area contributed by atoms with Crippen LogP contribution in [0.15, 0.2) is 181 Å². The van der Waals surface area contributed by atoms with E-state index in [1.807, 2.05) is 24.5 Å². The number of pyridine rings is 2. The normalized spacial score (nSPS) is 11.6. The smallest absolute Gasteiger partial charge is 0.155 e. The molecule has 0 unspecified atom stereocenters. The zero-order chi connectivity index (χ0) is 33.0. The Bertz CT molecular complexity index is 2750. The lowest BCUT2D eigenvalue weighted by Gasteiger charge is -2.25. The topological polar surface area (TPSA) is 42.2 Å². The lowest BCUT2D eigenvalue weighted by molar-refractivity contribution is 0.668. The van der Waals surface area contributed by atoms with Gasteiger partial charge in [-0.1, -0.05) is 103 Å². The maximum Gasteiger partial charge on any atom is 0.155 e. The molecule has 0 aliphatic heterocycles. The Labute approximate surface area is 288 Å². The molecule has 0 fully saturated rings. The Morgan fingerprint density at radius 1 is 0.400 bits per heavy atom. The van der Waals surface area contributed by atoms with Crippen molar-refractivity contribution < 1.29 is 4.42 Å². The predicted octanol–water partition coefficient (Wildman–Crippen LogP) is 12.6. The second kappa shape index (κ2) is 11.4. The first-order valence-corrected chi connectivity index (χ1v) is 16.8. The zero-order valence-electron chi connectivity index (χ0n) is 27.0. The first-order valence-electron chi connectivity index (χ1n) is 16.8. The van der Waals surface area contributed by atoms with E-state index in [1.54, 1.807) is 0 Å². The van der Waals surface area contributed by atoms with Gasteiger partial charge in [0, 0.05) is 40.5 Å². The second-order valence-electron chi connectivity index (χ2n) is 12.7. The van der Waals surface area contributed by atoms with Gasteiger partial charge in [-0.05, 0) is 92.3 Å². The highest BCUT2D eigenvalue weighted by Crippen LogP contribution is 2.40. The molecule has 0 atom stereocenters. The molecule has 10 rings (SSSR count). The van der Waals surface area contributed by atoms with Crippen molar-refractivity contribution in [2.24, 2.45) is 0 Å². The Hall–Kier alpha value is -6.78. The molecule has 0 amide bonds. The fraction of sp³-hybridized carbons (Fsp3) is 0. The molecule has 4 nitrogen and oxygen atoms in total. The van der Waals surface area contributed by atoms with Crippen LogP contribution < -0.4 is 4.90 Å². The number of fused-ring (bicyclic) bond motifs is 6. The molecule has 3 aromatic heterocycles. The number of hydrogen-bond acceptors (Lipinski definition) is 4. The summed E-state index contributed by atoms with van der Waals surface area (Å²) in [6.07, 6.45) is 3.75. The van der Waals surface area contributed by atoms with Crippen LogP contribution in [0.4, 0.5) is 17.1 Å². The molecule has 10 aromatic rings. The predicted molar refractivity (Wildman–Crippen MR) is 207 cm³/mol. The highest BCUT2D eigenvalue weighted by molar-refractivity contribution is 6.08. The zero-order valence-corrected chi connectivity index (χ0v) is 27.0. The van der Waals surface area contributed by atoms with E-state index < -0.39 is 0 Å². The fourth-order valence-electron chi connectivity index (χ4n) is 7.12. The average Bonchev–Trinajstić information content (AvgIpc) is 3.53. The van der Waals surface area contributed by atoms with Crippen molar-refractivity contribution in [3.63, 3.8) is 0 Å². The molecule has 0 radical (unpaired) electrons. The van der Waals surface area contributed by atoms with Gasteiger partial charge in [0.25, 0.3) is 0 Å². The summed E-state index contributed by atoms with van der Waals surface area (Å²) in [5.74, 6) is 0. The number of aromatic nitrogens is 2. The molecule has 4 heteroatoms. The molecule has 234 valence electrons. The summed E-state index contributed by atoms with van der Waals surface area (Å²) in [5.41, 5.74) is 10.9. The molecule has 0 bridgehead atoms. The molecule has 7 aromatic carbocycles. The lowest BCUT2D eigenvalue weighted by Crippen LogP contribution is -2.10. The standard InChI is InChI=1S/C46H29N3O/c1-3-8-34-24-36(13-11-30(34)6-1)32-15-19-39(20-16-32)49(40-21-17-33(18-22-40)37-14-12-31-7-2-4-9-35(31)25-37)41-27-45-46(48-29-41)42-26-38-10-5-23-47-43(38)28-44(42)50-45/h1-29H. The van der Waals surface area contributed by atoms with Crippen LogP contribution in [0.5, 0.6) is 0 Å².